The van der Waals surface area contributed by atoms with Crippen molar-refractivity contribution in [1.82, 2.24) is 15.5 Å². The molecule has 1 saturated heterocycles. The van der Waals surface area contributed by atoms with E-state index in [1.54, 1.807) is 0 Å². The molecule has 1 aromatic rings. The highest BCUT2D eigenvalue weighted by Crippen LogP contribution is 2.15. The van der Waals surface area contributed by atoms with E-state index in [0.29, 0.717) is 13.0 Å². The number of benzene rings is 1. The summed E-state index contributed by atoms with van der Waals surface area (Å²) < 4.78 is 0. The topological polar surface area (TPSA) is 56.7 Å². The molecule has 134 valence electrons. The summed E-state index contributed by atoms with van der Waals surface area (Å²) in [5, 5.41) is 6.55. The van der Waals surface area contributed by atoms with Gasteiger partial charge in [-0.25, -0.2) is 4.99 Å². The molecule has 0 radical (unpaired) electrons. The zero-order chi connectivity index (χ0) is 16.5. The monoisotopic (exact) mass is 444 g/mol. The SMILES string of the molecule is CCCNC(=NCc1ccc(CN2CCCC2=O)cc1)NCC.I. The number of nitrogens with zero attached hydrogens (tertiary/aromatic N) is 2. The summed E-state index contributed by atoms with van der Waals surface area (Å²) in [7, 11) is 0. The first-order valence-corrected chi connectivity index (χ1v) is 8.60. The first-order chi connectivity index (χ1) is 11.2. The predicted molar refractivity (Wildman–Crippen MR) is 110 cm³/mol. The van der Waals surface area contributed by atoms with Crippen molar-refractivity contribution >= 4 is 35.8 Å². The van der Waals surface area contributed by atoms with E-state index in [2.05, 4.69) is 53.7 Å². The first-order valence-electron chi connectivity index (χ1n) is 8.60. The van der Waals surface area contributed by atoms with Crippen LogP contribution in [0.2, 0.25) is 0 Å². The number of rotatable bonds is 7. The van der Waals surface area contributed by atoms with Crippen molar-refractivity contribution in [1.29, 1.82) is 0 Å². The Morgan fingerprint density at radius 2 is 1.88 bits per heavy atom. The third-order valence-electron chi connectivity index (χ3n) is 3.87. The van der Waals surface area contributed by atoms with E-state index in [1.807, 2.05) is 4.90 Å². The van der Waals surface area contributed by atoms with E-state index in [-0.39, 0.29) is 29.9 Å². The minimum atomic E-state index is 0. The average molecular weight is 444 g/mol. The molecular formula is C18H29IN4O. The van der Waals surface area contributed by atoms with Crippen LogP contribution in [0.25, 0.3) is 0 Å². The Bertz CT molecular complexity index is 530. The maximum absolute atomic E-state index is 11.7. The lowest BCUT2D eigenvalue weighted by atomic mass is 10.1. The van der Waals surface area contributed by atoms with Crippen LogP contribution < -0.4 is 10.6 Å². The molecule has 1 heterocycles. The van der Waals surface area contributed by atoms with Crippen LogP contribution in [0.15, 0.2) is 29.3 Å². The maximum Gasteiger partial charge on any atom is 0.222 e. The van der Waals surface area contributed by atoms with E-state index in [0.717, 1.165) is 45.0 Å². The first kappa shape index (κ1) is 20.7. The number of nitrogens with one attached hydrogen (secondary N) is 2. The average Bonchev–Trinajstić information content (AvgIpc) is 2.96. The number of aliphatic imine (C=N–C) groups is 1. The van der Waals surface area contributed by atoms with Gasteiger partial charge in [0.15, 0.2) is 5.96 Å². The van der Waals surface area contributed by atoms with Crippen molar-refractivity contribution in [3.63, 3.8) is 0 Å². The van der Waals surface area contributed by atoms with E-state index < -0.39 is 0 Å². The number of guanidine groups is 1. The fourth-order valence-corrected chi connectivity index (χ4v) is 2.60. The highest BCUT2D eigenvalue weighted by molar-refractivity contribution is 14.0. The second-order valence-electron chi connectivity index (χ2n) is 5.86. The molecule has 5 nitrogen and oxygen atoms in total. The minimum Gasteiger partial charge on any atom is -0.357 e. The fraction of sp³-hybridized carbons (Fsp3) is 0.556. The zero-order valence-corrected chi connectivity index (χ0v) is 17.0. The number of hydrogen-bond acceptors (Lipinski definition) is 2. The molecule has 0 spiro atoms. The van der Waals surface area contributed by atoms with Gasteiger partial charge < -0.3 is 15.5 Å². The van der Waals surface area contributed by atoms with E-state index >= 15 is 0 Å². The van der Waals surface area contributed by atoms with E-state index in [9.17, 15) is 4.79 Å². The van der Waals surface area contributed by atoms with Crippen LogP contribution in [-0.2, 0) is 17.9 Å². The Labute approximate surface area is 162 Å². The van der Waals surface area contributed by atoms with Crippen molar-refractivity contribution in [2.45, 2.75) is 46.2 Å². The third kappa shape index (κ3) is 6.67. The van der Waals surface area contributed by atoms with Crippen molar-refractivity contribution < 1.29 is 4.79 Å². The van der Waals surface area contributed by atoms with Crippen LogP contribution in [0.3, 0.4) is 0 Å². The second kappa shape index (κ2) is 11.3. The van der Waals surface area contributed by atoms with Gasteiger partial charge in [-0.05, 0) is 30.9 Å². The van der Waals surface area contributed by atoms with Crippen LogP contribution in [0.4, 0.5) is 0 Å². The van der Waals surface area contributed by atoms with Crippen LogP contribution in [0, 0.1) is 0 Å². The number of carbonyl (C=O) groups is 1. The highest BCUT2D eigenvalue weighted by Gasteiger charge is 2.19. The van der Waals surface area contributed by atoms with Gasteiger partial charge in [0, 0.05) is 32.6 Å². The van der Waals surface area contributed by atoms with Crippen molar-refractivity contribution in [3.8, 4) is 0 Å². The molecule has 1 aliphatic rings. The molecule has 1 fully saturated rings. The fourth-order valence-electron chi connectivity index (χ4n) is 2.60. The van der Waals surface area contributed by atoms with Gasteiger partial charge >= 0.3 is 0 Å². The molecule has 6 heteroatoms. The Kier molecular flexibility index (Phi) is 9.75. The summed E-state index contributed by atoms with van der Waals surface area (Å²) in [4.78, 5) is 18.2. The zero-order valence-electron chi connectivity index (χ0n) is 14.7. The highest BCUT2D eigenvalue weighted by atomic mass is 127. The van der Waals surface area contributed by atoms with Gasteiger partial charge in [0.25, 0.3) is 0 Å². The predicted octanol–water partition coefficient (Wildman–Crippen LogP) is 2.89. The molecule has 0 aliphatic carbocycles. The Hall–Kier alpha value is -1.31. The minimum absolute atomic E-state index is 0. The van der Waals surface area contributed by atoms with Gasteiger partial charge in [-0.1, -0.05) is 31.2 Å². The molecule has 1 aliphatic heterocycles. The summed E-state index contributed by atoms with van der Waals surface area (Å²) in [6, 6.07) is 8.40. The van der Waals surface area contributed by atoms with E-state index in [4.69, 9.17) is 0 Å². The summed E-state index contributed by atoms with van der Waals surface area (Å²) in [6.45, 7) is 8.26. The Balaban J connectivity index is 0.00000288. The van der Waals surface area contributed by atoms with Gasteiger partial charge in [-0.15, -0.1) is 24.0 Å². The number of halogens is 1. The third-order valence-corrected chi connectivity index (χ3v) is 3.87. The second-order valence-corrected chi connectivity index (χ2v) is 5.86. The normalized spacial score (nSPS) is 14.5. The maximum atomic E-state index is 11.7. The Morgan fingerprint density at radius 3 is 2.46 bits per heavy atom. The quantitative estimate of drug-likeness (QED) is 0.387. The van der Waals surface area contributed by atoms with Gasteiger partial charge in [-0.3, -0.25) is 4.79 Å². The lowest BCUT2D eigenvalue weighted by molar-refractivity contribution is -0.128. The van der Waals surface area contributed by atoms with Gasteiger partial charge in [-0.2, -0.15) is 0 Å². The molecule has 1 aromatic carbocycles. The molecule has 0 unspecified atom stereocenters. The summed E-state index contributed by atoms with van der Waals surface area (Å²) in [6.07, 6.45) is 2.77. The van der Waals surface area contributed by atoms with Crippen LogP contribution in [-0.4, -0.2) is 36.4 Å². The van der Waals surface area contributed by atoms with Gasteiger partial charge in [0.1, 0.15) is 0 Å². The van der Waals surface area contributed by atoms with E-state index in [1.165, 1.54) is 11.1 Å². The van der Waals surface area contributed by atoms with Crippen molar-refractivity contribution in [3.05, 3.63) is 35.4 Å². The van der Waals surface area contributed by atoms with Crippen LogP contribution in [0.5, 0.6) is 0 Å². The van der Waals surface area contributed by atoms with Crippen molar-refractivity contribution in [2.75, 3.05) is 19.6 Å². The molecule has 1 amide bonds. The van der Waals surface area contributed by atoms with Gasteiger partial charge in [0.2, 0.25) is 5.91 Å². The standard InChI is InChI=1S/C18H28N4O.HI/c1-3-11-20-18(19-4-2)21-13-15-7-9-16(10-8-15)14-22-12-5-6-17(22)23;/h7-10H,3-6,11-14H2,1-2H3,(H2,19,20,21);1H. The largest absolute Gasteiger partial charge is 0.357 e. The number of carbonyl (C=O) groups excluding carboxylic acids is 1. The molecule has 0 bridgehead atoms. The number of likely N-dealkylation sites (tertiary alicyclic amines) is 1. The molecule has 0 aromatic heterocycles. The summed E-state index contributed by atoms with van der Waals surface area (Å²) in [5.41, 5.74) is 2.36. The molecule has 0 saturated carbocycles. The smallest absolute Gasteiger partial charge is 0.222 e. The molecular weight excluding hydrogens is 415 g/mol. The lowest BCUT2D eigenvalue weighted by Gasteiger charge is -2.15. The molecule has 2 N–H and O–H groups in total. The Morgan fingerprint density at radius 1 is 1.17 bits per heavy atom. The molecule has 2 rings (SSSR count). The molecule has 0 atom stereocenters. The van der Waals surface area contributed by atoms with Crippen molar-refractivity contribution in [2.24, 2.45) is 4.99 Å². The number of amides is 1. The molecule has 24 heavy (non-hydrogen) atoms. The van der Waals surface area contributed by atoms with Crippen LogP contribution in [0.1, 0.15) is 44.2 Å². The van der Waals surface area contributed by atoms with Crippen LogP contribution >= 0.6 is 24.0 Å². The summed E-state index contributed by atoms with van der Waals surface area (Å²) >= 11 is 0. The number of hydrogen-bond donors (Lipinski definition) is 2. The summed E-state index contributed by atoms with van der Waals surface area (Å²) in [5.74, 6) is 1.14. The lowest BCUT2D eigenvalue weighted by Crippen LogP contribution is -2.37. The van der Waals surface area contributed by atoms with Gasteiger partial charge in [0.05, 0.1) is 6.54 Å².